The number of aromatic nitrogens is 2. The third-order valence-electron chi connectivity index (χ3n) is 5.05. The maximum Gasteiger partial charge on any atom is 0.287 e. The molecule has 0 spiro atoms. The summed E-state index contributed by atoms with van der Waals surface area (Å²) in [6.45, 7) is 5.40. The van der Waals surface area contributed by atoms with Crippen LogP contribution in [0.1, 0.15) is 63.1 Å². The molecule has 1 aromatic heterocycles. The molecule has 1 atom stereocenters. The third kappa shape index (κ3) is 5.97. The van der Waals surface area contributed by atoms with E-state index in [0.29, 0.717) is 13.0 Å². The van der Waals surface area contributed by atoms with Crippen LogP contribution in [0, 0.1) is 10.8 Å². The molecule has 152 valence electrons. The molecular formula is C19H32N4O3S. The van der Waals surface area contributed by atoms with Gasteiger partial charge in [0, 0.05) is 12.6 Å². The number of hydrogen-bond acceptors (Lipinski definition) is 6. The van der Waals surface area contributed by atoms with Gasteiger partial charge in [0.25, 0.3) is 10.7 Å². The Morgan fingerprint density at radius 1 is 1.33 bits per heavy atom. The van der Waals surface area contributed by atoms with Crippen molar-refractivity contribution in [2.24, 2.45) is 5.92 Å². The Hall–Kier alpha value is -1.54. The minimum absolute atomic E-state index is 0.00654. The summed E-state index contributed by atoms with van der Waals surface area (Å²) in [6, 6.07) is -0.441. The van der Waals surface area contributed by atoms with Crippen LogP contribution in [0.3, 0.4) is 0 Å². The molecule has 7 nitrogen and oxygen atoms in total. The fourth-order valence-electron chi connectivity index (χ4n) is 3.59. The third-order valence-corrected chi connectivity index (χ3v) is 5.35. The van der Waals surface area contributed by atoms with Crippen molar-refractivity contribution in [2.45, 2.75) is 71.0 Å². The van der Waals surface area contributed by atoms with Crippen LogP contribution in [0.5, 0.6) is 0 Å². The van der Waals surface area contributed by atoms with Crippen molar-refractivity contribution in [3.05, 3.63) is 10.7 Å². The van der Waals surface area contributed by atoms with E-state index in [9.17, 15) is 9.59 Å². The van der Waals surface area contributed by atoms with Gasteiger partial charge in [0.1, 0.15) is 6.04 Å². The Bertz CT molecular complexity index is 677. The minimum Gasteiger partial charge on any atom is -0.406 e. The van der Waals surface area contributed by atoms with E-state index in [1.165, 1.54) is 6.42 Å². The van der Waals surface area contributed by atoms with Gasteiger partial charge in [-0.25, -0.2) is 4.68 Å². The number of rotatable bonds is 10. The summed E-state index contributed by atoms with van der Waals surface area (Å²) >= 11 is 5.22. The highest BCUT2D eigenvalue weighted by Gasteiger charge is 2.34. The average molecular weight is 397 g/mol. The standard InChI is InChI=1S/C19H32N4O3S/c1-14(2)12-16(22(13-24)15-8-6-5-7-9-15)17(25)18-20-23(19(27)26-18)11-10-21(3)4/h13-16H,5-12H2,1-4H3. The average Bonchev–Trinajstić information content (AvgIpc) is 3.00. The van der Waals surface area contributed by atoms with Crippen LogP contribution in [0.15, 0.2) is 4.42 Å². The van der Waals surface area contributed by atoms with Crippen molar-refractivity contribution < 1.29 is 14.0 Å². The van der Waals surface area contributed by atoms with Crippen LogP contribution in [0.2, 0.25) is 0 Å². The predicted octanol–water partition coefficient (Wildman–Crippen LogP) is 3.16. The summed E-state index contributed by atoms with van der Waals surface area (Å²) in [6.07, 6.45) is 6.69. The second kappa shape index (κ2) is 10.1. The maximum atomic E-state index is 13.2. The second-order valence-corrected chi connectivity index (χ2v) is 8.40. The molecule has 1 fully saturated rings. The van der Waals surface area contributed by atoms with Gasteiger partial charge in [0.05, 0.1) is 6.54 Å². The molecule has 0 radical (unpaired) electrons. The first-order valence-electron chi connectivity index (χ1n) is 9.83. The van der Waals surface area contributed by atoms with Crippen LogP contribution in [-0.4, -0.2) is 64.5 Å². The molecule has 0 aliphatic heterocycles. The van der Waals surface area contributed by atoms with E-state index in [0.717, 1.165) is 38.6 Å². The van der Waals surface area contributed by atoms with Crippen LogP contribution in [0.4, 0.5) is 0 Å². The normalized spacial score (nSPS) is 16.7. The van der Waals surface area contributed by atoms with Gasteiger partial charge < -0.3 is 14.2 Å². The monoisotopic (exact) mass is 396 g/mol. The molecule has 0 aromatic carbocycles. The van der Waals surface area contributed by atoms with Crippen molar-refractivity contribution in [1.82, 2.24) is 19.6 Å². The number of carbonyl (C=O) groups excluding carboxylic acids is 2. The van der Waals surface area contributed by atoms with Gasteiger partial charge in [0.2, 0.25) is 12.2 Å². The summed E-state index contributed by atoms with van der Waals surface area (Å²) in [4.78, 5) is 29.0. The first kappa shape index (κ1) is 21.8. The highest BCUT2D eigenvalue weighted by atomic mass is 32.1. The van der Waals surface area contributed by atoms with Crippen LogP contribution in [0.25, 0.3) is 0 Å². The Kier molecular flexibility index (Phi) is 8.16. The Morgan fingerprint density at radius 2 is 2.00 bits per heavy atom. The second-order valence-electron chi connectivity index (χ2n) is 8.05. The topological polar surface area (TPSA) is 71.6 Å². The fraction of sp³-hybridized carbons (Fsp3) is 0.789. The van der Waals surface area contributed by atoms with Crippen molar-refractivity contribution in [3.8, 4) is 0 Å². The number of carbonyl (C=O) groups is 2. The molecule has 0 N–H and O–H groups in total. The van der Waals surface area contributed by atoms with Gasteiger partial charge in [-0.1, -0.05) is 33.1 Å². The van der Waals surface area contributed by atoms with E-state index < -0.39 is 6.04 Å². The molecule has 27 heavy (non-hydrogen) atoms. The zero-order valence-corrected chi connectivity index (χ0v) is 17.7. The first-order chi connectivity index (χ1) is 12.8. The Balaban J connectivity index is 2.24. The van der Waals surface area contributed by atoms with Crippen molar-refractivity contribution in [1.29, 1.82) is 0 Å². The summed E-state index contributed by atoms with van der Waals surface area (Å²) in [5.74, 6) is 0.0203. The quantitative estimate of drug-likeness (QED) is 0.344. The number of hydrogen-bond donors (Lipinski definition) is 0. The van der Waals surface area contributed by atoms with Crippen molar-refractivity contribution in [2.75, 3.05) is 20.6 Å². The molecule has 1 aliphatic rings. The van der Waals surface area contributed by atoms with Gasteiger partial charge in [-0.05, 0) is 51.5 Å². The van der Waals surface area contributed by atoms with Gasteiger partial charge in [-0.3, -0.25) is 9.59 Å². The number of ketones is 1. The minimum atomic E-state index is -0.555. The molecule has 1 saturated carbocycles. The maximum absolute atomic E-state index is 13.2. The molecule has 1 heterocycles. The lowest BCUT2D eigenvalue weighted by atomic mass is 9.91. The molecule has 1 aliphatic carbocycles. The van der Waals surface area contributed by atoms with E-state index in [1.807, 2.05) is 19.0 Å². The Morgan fingerprint density at radius 3 is 2.56 bits per heavy atom. The molecule has 1 unspecified atom stereocenters. The molecule has 0 bridgehead atoms. The highest BCUT2D eigenvalue weighted by Crippen LogP contribution is 2.26. The van der Waals surface area contributed by atoms with Crippen LogP contribution >= 0.6 is 12.2 Å². The fourth-order valence-corrected chi connectivity index (χ4v) is 3.80. The lowest BCUT2D eigenvalue weighted by Gasteiger charge is -2.36. The number of nitrogens with zero attached hydrogens (tertiary/aromatic N) is 4. The van der Waals surface area contributed by atoms with Gasteiger partial charge in [-0.2, -0.15) is 0 Å². The predicted molar refractivity (Wildman–Crippen MR) is 106 cm³/mol. The molecule has 8 heteroatoms. The summed E-state index contributed by atoms with van der Waals surface area (Å²) in [7, 11) is 3.92. The van der Waals surface area contributed by atoms with E-state index in [2.05, 4.69) is 18.9 Å². The SMILES string of the molecule is CC(C)CC(C(=O)c1nn(CCN(C)C)c(=S)o1)N(C=O)C1CCCCC1. The van der Waals surface area contributed by atoms with Gasteiger partial charge in [-0.15, -0.1) is 5.10 Å². The van der Waals surface area contributed by atoms with Gasteiger partial charge in [0.15, 0.2) is 0 Å². The largest absolute Gasteiger partial charge is 0.406 e. The van der Waals surface area contributed by atoms with Crippen molar-refractivity contribution >= 4 is 24.4 Å². The highest BCUT2D eigenvalue weighted by molar-refractivity contribution is 7.71. The summed E-state index contributed by atoms with van der Waals surface area (Å²) in [5.41, 5.74) is 0. The number of Topliss-reactive ketones (excluding diaryl/α,β-unsaturated/α-hetero) is 1. The molecule has 2 rings (SSSR count). The summed E-state index contributed by atoms with van der Waals surface area (Å²) in [5, 5.41) is 4.30. The molecular weight excluding hydrogens is 364 g/mol. The van der Waals surface area contributed by atoms with Gasteiger partial charge >= 0.3 is 0 Å². The first-order valence-corrected chi connectivity index (χ1v) is 10.2. The van der Waals surface area contributed by atoms with Crippen LogP contribution < -0.4 is 0 Å². The molecule has 1 aromatic rings. The lowest BCUT2D eigenvalue weighted by Crippen LogP contribution is -2.48. The van der Waals surface area contributed by atoms with E-state index in [-0.39, 0.29) is 28.5 Å². The number of amides is 1. The molecule has 1 amide bonds. The number of likely N-dealkylation sites (N-methyl/N-ethyl adjacent to an activating group) is 1. The van der Waals surface area contributed by atoms with E-state index in [1.54, 1.807) is 9.58 Å². The smallest absolute Gasteiger partial charge is 0.287 e. The lowest BCUT2D eigenvalue weighted by molar-refractivity contribution is -0.122. The summed E-state index contributed by atoms with van der Waals surface area (Å²) < 4.78 is 7.05. The van der Waals surface area contributed by atoms with E-state index in [4.69, 9.17) is 16.6 Å². The zero-order valence-electron chi connectivity index (χ0n) is 16.9. The van der Waals surface area contributed by atoms with E-state index >= 15 is 0 Å². The molecule has 0 saturated heterocycles. The van der Waals surface area contributed by atoms with Crippen LogP contribution in [-0.2, 0) is 11.3 Å². The van der Waals surface area contributed by atoms with Crippen molar-refractivity contribution in [3.63, 3.8) is 0 Å². The zero-order chi connectivity index (χ0) is 20.0. The Labute approximate surface area is 166 Å².